The van der Waals surface area contributed by atoms with E-state index in [4.69, 9.17) is 9.47 Å². The van der Waals surface area contributed by atoms with E-state index in [0.717, 1.165) is 36.4 Å². The number of hydrogen-bond donors (Lipinski definition) is 1. The zero-order chi connectivity index (χ0) is 18.1. The Balaban J connectivity index is 1.60. The van der Waals surface area contributed by atoms with Crippen LogP contribution in [-0.4, -0.2) is 42.4 Å². The molecule has 2 atom stereocenters. The molecule has 2 aromatic rings. The minimum absolute atomic E-state index is 0.269. The molecule has 0 spiro atoms. The van der Waals surface area contributed by atoms with Gasteiger partial charge in [-0.05, 0) is 70.4 Å². The minimum atomic E-state index is 0.269. The fourth-order valence-corrected chi connectivity index (χ4v) is 5.72. The van der Waals surface area contributed by atoms with Gasteiger partial charge in [0.15, 0.2) is 0 Å². The van der Waals surface area contributed by atoms with E-state index in [1.165, 1.54) is 35.1 Å². The van der Waals surface area contributed by atoms with Gasteiger partial charge in [-0.15, -0.1) is 11.3 Å². The highest BCUT2D eigenvalue weighted by atomic mass is 32.1. The number of hydrogen-bond acceptors (Lipinski definition) is 6. The summed E-state index contributed by atoms with van der Waals surface area (Å²) in [5.74, 6) is 1.33. The zero-order valence-corrected chi connectivity index (χ0v) is 16.8. The summed E-state index contributed by atoms with van der Waals surface area (Å²) in [5.41, 5.74) is 1.44. The van der Waals surface area contributed by atoms with Crippen molar-refractivity contribution in [3.63, 3.8) is 0 Å². The Morgan fingerprint density at radius 3 is 2.77 bits per heavy atom. The van der Waals surface area contributed by atoms with Gasteiger partial charge < -0.3 is 14.8 Å². The second-order valence-corrected chi connectivity index (χ2v) is 8.78. The van der Waals surface area contributed by atoms with Gasteiger partial charge in [0.05, 0.1) is 11.5 Å². The van der Waals surface area contributed by atoms with Gasteiger partial charge in [0, 0.05) is 18.0 Å². The van der Waals surface area contributed by atoms with Crippen molar-refractivity contribution in [1.29, 1.82) is 0 Å². The molecule has 2 aromatic heterocycles. The van der Waals surface area contributed by atoms with E-state index in [1.807, 2.05) is 11.3 Å². The molecule has 0 amide bonds. The standard InChI is InChI=1S/C20H29N3O2S/c1-12(24-3)10-13-4-9-16-17(13)18-19(22-11-23-20(18)26-16)25-15-7-5-14(21-2)6-8-15/h11-15,21H,4-10H2,1-3H3/t12?,13-,14?,15?/m1/s1. The molecule has 0 aromatic carbocycles. The highest BCUT2D eigenvalue weighted by molar-refractivity contribution is 7.19. The van der Waals surface area contributed by atoms with Crippen molar-refractivity contribution in [1.82, 2.24) is 15.3 Å². The molecule has 2 heterocycles. The highest BCUT2D eigenvalue weighted by Gasteiger charge is 2.32. The van der Waals surface area contributed by atoms with Crippen LogP contribution < -0.4 is 10.1 Å². The zero-order valence-electron chi connectivity index (χ0n) is 16.0. The molecule has 1 unspecified atom stereocenters. The van der Waals surface area contributed by atoms with Crippen LogP contribution >= 0.6 is 11.3 Å². The molecule has 2 aliphatic rings. The van der Waals surface area contributed by atoms with Crippen molar-refractivity contribution in [3.8, 4) is 5.88 Å². The van der Waals surface area contributed by atoms with Crippen LogP contribution in [0.15, 0.2) is 6.33 Å². The van der Waals surface area contributed by atoms with Gasteiger partial charge in [-0.1, -0.05) is 0 Å². The third kappa shape index (κ3) is 3.47. The Labute approximate surface area is 159 Å². The molecule has 0 saturated heterocycles. The molecule has 1 N–H and O–H groups in total. The van der Waals surface area contributed by atoms with E-state index in [-0.39, 0.29) is 12.2 Å². The third-order valence-electron chi connectivity index (χ3n) is 6.08. The molecule has 0 aliphatic heterocycles. The second kappa shape index (κ2) is 7.79. The minimum Gasteiger partial charge on any atom is -0.474 e. The van der Waals surface area contributed by atoms with Crippen LogP contribution in [0.4, 0.5) is 0 Å². The van der Waals surface area contributed by atoms with Crippen molar-refractivity contribution in [2.45, 2.75) is 76.0 Å². The van der Waals surface area contributed by atoms with Crippen LogP contribution in [0.5, 0.6) is 5.88 Å². The normalized spacial score (nSPS) is 26.8. The first-order valence-electron chi connectivity index (χ1n) is 9.82. The van der Waals surface area contributed by atoms with Crippen molar-refractivity contribution >= 4 is 21.6 Å². The lowest BCUT2D eigenvalue weighted by Gasteiger charge is -2.28. The number of rotatable bonds is 6. The van der Waals surface area contributed by atoms with Gasteiger partial charge in [0.2, 0.25) is 5.88 Å². The van der Waals surface area contributed by atoms with E-state index in [9.17, 15) is 0 Å². The molecule has 26 heavy (non-hydrogen) atoms. The first-order chi connectivity index (χ1) is 12.7. The summed E-state index contributed by atoms with van der Waals surface area (Å²) >= 11 is 1.82. The Kier molecular flexibility index (Phi) is 5.43. The van der Waals surface area contributed by atoms with Gasteiger partial charge in [-0.2, -0.15) is 0 Å². The molecule has 4 rings (SSSR count). The fraction of sp³-hybridized carbons (Fsp3) is 0.700. The predicted octanol–water partition coefficient (Wildman–Crippen LogP) is 4.06. The summed E-state index contributed by atoms with van der Waals surface area (Å²) in [7, 11) is 3.85. The van der Waals surface area contributed by atoms with Gasteiger partial charge in [-0.3, -0.25) is 0 Å². The number of thiophene rings is 1. The molecule has 5 nitrogen and oxygen atoms in total. The molecular formula is C20H29N3O2S. The van der Waals surface area contributed by atoms with Gasteiger partial charge >= 0.3 is 0 Å². The number of aryl methyl sites for hydroxylation is 1. The first-order valence-corrected chi connectivity index (χ1v) is 10.6. The van der Waals surface area contributed by atoms with Gasteiger partial charge in [0.25, 0.3) is 0 Å². The first kappa shape index (κ1) is 18.1. The van der Waals surface area contributed by atoms with E-state index >= 15 is 0 Å². The van der Waals surface area contributed by atoms with Crippen molar-refractivity contribution < 1.29 is 9.47 Å². The predicted molar refractivity (Wildman–Crippen MR) is 105 cm³/mol. The number of nitrogens with zero attached hydrogens (tertiary/aromatic N) is 2. The Morgan fingerprint density at radius 2 is 2.04 bits per heavy atom. The van der Waals surface area contributed by atoms with E-state index in [0.29, 0.717) is 12.0 Å². The molecule has 0 bridgehead atoms. The summed E-state index contributed by atoms with van der Waals surface area (Å²) in [6.07, 6.45) is 10.1. The monoisotopic (exact) mass is 375 g/mol. The maximum atomic E-state index is 6.42. The van der Waals surface area contributed by atoms with E-state index in [1.54, 1.807) is 13.4 Å². The summed E-state index contributed by atoms with van der Waals surface area (Å²) in [4.78, 5) is 11.6. The molecular weight excluding hydrogens is 346 g/mol. The second-order valence-electron chi connectivity index (χ2n) is 7.70. The van der Waals surface area contributed by atoms with Crippen LogP contribution in [0.1, 0.15) is 61.8 Å². The van der Waals surface area contributed by atoms with Gasteiger partial charge in [0.1, 0.15) is 17.3 Å². The van der Waals surface area contributed by atoms with E-state index < -0.39 is 0 Å². The number of fused-ring (bicyclic) bond motifs is 3. The van der Waals surface area contributed by atoms with Crippen LogP contribution in [0.3, 0.4) is 0 Å². The van der Waals surface area contributed by atoms with Crippen LogP contribution in [0.2, 0.25) is 0 Å². The Hall–Kier alpha value is -1.24. The quantitative estimate of drug-likeness (QED) is 0.825. The Bertz CT molecular complexity index is 755. The summed E-state index contributed by atoms with van der Waals surface area (Å²) < 4.78 is 11.9. The fourth-order valence-electron chi connectivity index (χ4n) is 4.49. The lowest BCUT2D eigenvalue weighted by atomic mass is 9.93. The smallest absolute Gasteiger partial charge is 0.225 e. The molecule has 6 heteroatoms. The molecule has 1 saturated carbocycles. The van der Waals surface area contributed by atoms with Gasteiger partial charge in [-0.25, -0.2) is 9.97 Å². The lowest BCUT2D eigenvalue weighted by Crippen LogP contribution is -2.34. The largest absolute Gasteiger partial charge is 0.474 e. The lowest BCUT2D eigenvalue weighted by molar-refractivity contribution is 0.104. The maximum absolute atomic E-state index is 6.42. The van der Waals surface area contributed by atoms with Crippen molar-refractivity contribution in [2.24, 2.45) is 0 Å². The average Bonchev–Trinajstić information content (AvgIpc) is 3.22. The van der Waals surface area contributed by atoms with E-state index in [2.05, 4.69) is 29.3 Å². The highest BCUT2D eigenvalue weighted by Crippen LogP contribution is 2.47. The summed E-state index contributed by atoms with van der Waals surface area (Å²) in [6.45, 7) is 2.15. The van der Waals surface area contributed by atoms with Crippen molar-refractivity contribution in [3.05, 3.63) is 16.8 Å². The maximum Gasteiger partial charge on any atom is 0.225 e. The summed E-state index contributed by atoms with van der Waals surface area (Å²) in [5, 5.41) is 4.56. The molecule has 0 radical (unpaired) electrons. The molecule has 142 valence electrons. The topological polar surface area (TPSA) is 56.3 Å². The number of nitrogens with one attached hydrogen (secondary N) is 1. The van der Waals surface area contributed by atoms with Crippen LogP contribution in [0.25, 0.3) is 10.2 Å². The molecule has 1 fully saturated rings. The SMILES string of the molecule is CNC1CCC(Oc2ncnc3sc4c(c23)[C@@H](CC(C)OC)CC4)CC1. The average molecular weight is 376 g/mol. The van der Waals surface area contributed by atoms with Crippen LogP contribution in [-0.2, 0) is 11.2 Å². The number of ether oxygens (including phenoxy) is 2. The third-order valence-corrected chi connectivity index (χ3v) is 7.25. The number of aromatic nitrogens is 2. The summed E-state index contributed by atoms with van der Waals surface area (Å²) in [6, 6.07) is 0.630. The van der Waals surface area contributed by atoms with Crippen LogP contribution in [0, 0.1) is 0 Å². The number of methoxy groups -OCH3 is 1. The Morgan fingerprint density at radius 1 is 1.23 bits per heavy atom. The van der Waals surface area contributed by atoms with Crippen molar-refractivity contribution in [2.75, 3.05) is 14.2 Å². The molecule has 2 aliphatic carbocycles.